The minimum absolute atomic E-state index is 0.254. The molecule has 0 aromatic heterocycles. The fourth-order valence-corrected chi connectivity index (χ4v) is 2.47. The fourth-order valence-electron chi connectivity index (χ4n) is 2.35. The molecule has 1 saturated heterocycles. The van der Waals surface area contributed by atoms with Crippen LogP contribution < -0.4 is 5.32 Å². The highest BCUT2D eigenvalue weighted by Gasteiger charge is 2.25. The molecule has 0 spiro atoms. The molecule has 0 saturated carbocycles. The van der Waals surface area contributed by atoms with Crippen molar-refractivity contribution in [3.8, 4) is 0 Å². The largest absolute Gasteiger partial charge is 0.374 e. The second kappa shape index (κ2) is 6.53. The highest BCUT2D eigenvalue weighted by atomic mass is 35.5. The zero-order chi connectivity index (χ0) is 13.0. The van der Waals surface area contributed by atoms with Crippen LogP contribution in [0, 0.1) is 0 Å². The first kappa shape index (κ1) is 13.8. The number of nitrogens with one attached hydrogen (secondary N) is 1. The predicted molar refractivity (Wildman–Crippen MR) is 75.2 cm³/mol. The molecule has 1 fully saturated rings. The van der Waals surface area contributed by atoms with E-state index in [0.29, 0.717) is 6.04 Å². The Bertz CT molecular complexity index is 369. The molecule has 0 aliphatic carbocycles. The van der Waals surface area contributed by atoms with Crippen molar-refractivity contribution in [2.75, 3.05) is 33.8 Å². The molecule has 1 aliphatic heterocycles. The molecule has 0 amide bonds. The van der Waals surface area contributed by atoms with E-state index < -0.39 is 0 Å². The number of nitrogens with zero attached hydrogens (tertiary/aromatic N) is 1. The van der Waals surface area contributed by atoms with Crippen molar-refractivity contribution >= 4 is 11.6 Å². The van der Waals surface area contributed by atoms with Crippen LogP contribution in [0.25, 0.3) is 0 Å². The average molecular weight is 269 g/mol. The number of benzene rings is 1. The van der Waals surface area contributed by atoms with Gasteiger partial charge in [0.25, 0.3) is 0 Å². The Morgan fingerprint density at radius 3 is 2.78 bits per heavy atom. The summed E-state index contributed by atoms with van der Waals surface area (Å²) in [7, 11) is 4.14. The molecule has 1 aromatic rings. The van der Waals surface area contributed by atoms with Gasteiger partial charge in [0.1, 0.15) is 0 Å². The van der Waals surface area contributed by atoms with E-state index in [0.717, 1.165) is 31.1 Å². The third-order valence-electron chi connectivity index (χ3n) is 3.49. The summed E-state index contributed by atoms with van der Waals surface area (Å²) in [6.07, 6.45) is 1.22. The second-order valence-corrected chi connectivity index (χ2v) is 5.33. The van der Waals surface area contributed by atoms with Crippen LogP contribution in [0.5, 0.6) is 0 Å². The van der Waals surface area contributed by atoms with Crippen LogP contribution in [0.4, 0.5) is 0 Å². The second-order valence-electron chi connectivity index (χ2n) is 4.90. The topological polar surface area (TPSA) is 24.5 Å². The Morgan fingerprint density at radius 2 is 2.17 bits per heavy atom. The third kappa shape index (κ3) is 3.69. The van der Waals surface area contributed by atoms with Crippen molar-refractivity contribution in [1.29, 1.82) is 0 Å². The van der Waals surface area contributed by atoms with Gasteiger partial charge in [0, 0.05) is 24.2 Å². The molecule has 1 aliphatic rings. The summed E-state index contributed by atoms with van der Waals surface area (Å²) in [6.45, 7) is 2.83. The van der Waals surface area contributed by atoms with Gasteiger partial charge in [0.15, 0.2) is 0 Å². The molecule has 2 unspecified atom stereocenters. The summed E-state index contributed by atoms with van der Waals surface area (Å²) in [6, 6.07) is 8.39. The summed E-state index contributed by atoms with van der Waals surface area (Å²) >= 11 is 5.90. The van der Waals surface area contributed by atoms with Crippen LogP contribution in [0.15, 0.2) is 24.3 Å². The zero-order valence-electron chi connectivity index (χ0n) is 11.0. The molecule has 1 heterocycles. The number of halogens is 1. The van der Waals surface area contributed by atoms with E-state index in [9.17, 15) is 0 Å². The summed E-state index contributed by atoms with van der Waals surface area (Å²) in [5, 5.41) is 4.16. The Labute approximate surface area is 114 Å². The molecule has 100 valence electrons. The van der Waals surface area contributed by atoms with Crippen LogP contribution in [0.1, 0.15) is 5.56 Å². The molecule has 18 heavy (non-hydrogen) atoms. The van der Waals surface area contributed by atoms with Gasteiger partial charge in [-0.15, -0.1) is 0 Å². The molecule has 3 nitrogen and oxygen atoms in total. The van der Waals surface area contributed by atoms with Crippen molar-refractivity contribution in [3.63, 3.8) is 0 Å². The molecule has 2 atom stereocenters. The van der Waals surface area contributed by atoms with Gasteiger partial charge >= 0.3 is 0 Å². The molecular weight excluding hydrogens is 248 g/mol. The molecule has 4 heteroatoms. The standard InChI is InChI=1S/C14H21ClN2O/c1-16-13(14-10-17(2)7-8-18-14)9-11-3-5-12(15)6-4-11/h3-6,13-14,16H,7-10H2,1-2H3. The molecule has 0 bridgehead atoms. The number of morpholine rings is 1. The van der Waals surface area contributed by atoms with Gasteiger partial charge in [0.2, 0.25) is 0 Å². The van der Waals surface area contributed by atoms with Gasteiger partial charge in [-0.1, -0.05) is 23.7 Å². The summed E-state index contributed by atoms with van der Waals surface area (Å²) in [5.74, 6) is 0. The summed E-state index contributed by atoms with van der Waals surface area (Å²) in [5.41, 5.74) is 1.29. The summed E-state index contributed by atoms with van der Waals surface area (Å²) in [4.78, 5) is 2.32. The number of rotatable bonds is 4. The molecule has 1 aromatic carbocycles. The van der Waals surface area contributed by atoms with E-state index in [1.807, 2.05) is 19.2 Å². The number of ether oxygens (including phenoxy) is 1. The Morgan fingerprint density at radius 1 is 1.44 bits per heavy atom. The lowest BCUT2D eigenvalue weighted by Crippen LogP contribution is -2.51. The maximum atomic E-state index is 5.90. The van der Waals surface area contributed by atoms with Crippen molar-refractivity contribution < 1.29 is 4.74 Å². The smallest absolute Gasteiger partial charge is 0.0858 e. The average Bonchev–Trinajstić information content (AvgIpc) is 2.38. The Hall–Kier alpha value is -0.610. The first-order valence-electron chi connectivity index (χ1n) is 6.41. The van der Waals surface area contributed by atoms with Crippen LogP contribution >= 0.6 is 11.6 Å². The highest BCUT2D eigenvalue weighted by molar-refractivity contribution is 6.30. The van der Waals surface area contributed by atoms with Crippen molar-refractivity contribution in [2.45, 2.75) is 18.6 Å². The van der Waals surface area contributed by atoms with Gasteiger partial charge in [-0.25, -0.2) is 0 Å². The van der Waals surface area contributed by atoms with Gasteiger partial charge in [-0.2, -0.15) is 0 Å². The number of hydrogen-bond donors (Lipinski definition) is 1. The van der Waals surface area contributed by atoms with Gasteiger partial charge < -0.3 is 15.0 Å². The Balaban J connectivity index is 1.98. The minimum atomic E-state index is 0.254. The van der Waals surface area contributed by atoms with Crippen molar-refractivity contribution in [2.24, 2.45) is 0 Å². The van der Waals surface area contributed by atoms with E-state index in [2.05, 4.69) is 29.4 Å². The van der Waals surface area contributed by atoms with E-state index in [4.69, 9.17) is 16.3 Å². The maximum Gasteiger partial charge on any atom is 0.0858 e. The third-order valence-corrected chi connectivity index (χ3v) is 3.74. The molecule has 2 rings (SSSR count). The van der Waals surface area contributed by atoms with Gasteiger partial charge in [-0.3, -0.25) is 0 Å². The SMILES string of the molecule is CNC(Cc1ccc(Cl)cc1)C1CN(C)CCO1. The quantitative estimate of drug-likeness (QED) is 0.901. The lowest BCUT2D eigenvalue weighted by molar-refractivity contribution is -0.0372. The summed E-state index contributed by atoms with van der Waals surface area (Å²) < 4.78 is 5.87. The van der Waals surface area contributed by atoms with E-state index in [1.165, 1.54) is 5.56 Å². The minimum Gasteiger partial charge on any atom is -0.374 e. The number of likely N-dealkylation sites (N-methyl/N-ethyl adjacent to an activating group) is 2. The monoisotopic (exact) mass is 268 g/mol. The van der Waals surface area contributed by atoms with Crippen molar-refractivity contribution in [3.05, 3.63) is 34.9 Å². The predicted octanol–water partition coefficient (Wildman–Crippen LogP) is 1.80. The maximum absolute atomic E-state index is 5.90. The van der Waals surface area contributed by atoms with Crippen LogP contribution in [0.3, 0.4) is 0 Å². The molecule has 0 radical (unpaired) electrons. The van der Waals surface area contributed by atoms with Crippen molar-refractivity contribution in [1.82, 2.24) is 10.2 Å². The number of hydrogen-bond acceptors (Lipinski definition) is 3. The van der Waals surface area contributed by atoms with E-state index in [1.54, 1.807) is 0 Å². The zero-order valence-corrected chi connectivity index (χ0v) is 11.8. The fraction of sp³-hybridized carbons (Fsp3) is 0.571. The van der Waals surface area contributed by atoms with E-state index in [-0.39, 0.29) is 6.10 Å². The first-order valence-corrected chi connectivity index (χ1v) is 6.78. The van der Waals surface area contributed by atoms with Crippen LogP contribution in [-0.2, 0) is 11.2 Å². The van der Waals surface area contributed by atoms with Gasteiger partial charge in [0.05, 0.1) is 12.7 Å². The molecule has 1 N–H and O–H groups in total. The van der Waals surface area contributed by atoms with Crippen LogP contribution in [0.2, 0.25) is 5.02 Å². The van der Waals surface area contributed by atoms with Crippen LogP contribution in [-0.4, -0.2) is 50.8 Å². The lowest BCUT2D eigenvalue weighted by Gasteiger charge is -2.35. The molecular formula is C14H21ClN2O. The highest BCUT2D eigenvalue weighted by Crippen LogP contribution is 2.15. The normalized spacial score (nSPS) is 22.9. The lowest BCUT2D eigenvalue weighted by atomic mass is 10.0. The van der Waals surface area contributed by atoms with Gasteiger partial charge in [-0.05, 0) is 38.2 Å². The first-order chi connectivity index (χ1) is 8.69. The van der Waals surface area contributed by atoms with E-state index >= 15 is 0 Å². The Kier molecular flexibility index (Phi) is 5.01.